The van der Waals surface area contributed by atoms with Crippen LogP contribution in [-0.2, 0) is 13.0 Å². The molecule has 0 aliphatic rings. The van der Waals surface area contributed by atoms with Gasteiger partial charge in [0.2, 0.25) is 6.33 Å². The molecule has 2 aromatic carbocycles. The lowest BCUT2D eigenvalue weighted by molar-refractivity contribution is -0.703. The maximum atomic E-state index is 9.27. The zero-order chi connectivity index (χ0) is 18.0. The van der Waals surface area contributed by atoms with Crippen LogP contribution in [0, 0.1) is 27.7 Å². The SMILES string of the molecule is Cc1cc(Cc2ccccc2)cc(C)c1-n1c[n+](CCO)c(C)c1C.[Br-]. The minimum Gasteiger partial charge on any atom is -1.00 e. The summed E-state index contributed by atoms with van der Waals surface area (Å²) in [6.07, 6.45) is 3.06. The third-order valence-corrected chi connectivity index (χ3v) is 4.95. The van der Waals surface area contributed by atoms with Gasteiger partial charge in [-0.1, -0.05) is 42.5 Å². The molecule has 4 heteroatoms. The molecule has 138 valence electrons. The maximum Gasteiger partial charge on any atom is 0.249 e. The number of hydrogen-bond acceptors (Lipinski definition) is 1. The lowest BCUT2D eigenvalue weighted by Gasteiger charge is -2.11. The lowest BCUT2D eigenvalue weighted by atomic mass is 9.99. The Hall–Kier alpha value is -1.91. The number of benzene rings is 2. The molecule has 3 aromatic rings. The molecule has 1 heterocycles. The van der Waals surface area contributed by atoms with Gasteiger partial charge in [-0.2, -0.15) is 4.57 Å². The highest BCUT2D eigenvalue weighted by Gasteiger charge is 2.20. The molecular formula is C22H27BrN2O. The fourth-order valence-electron chi connectivity index (χ4n) is 3.61. The molecule has 0 atom stereocenters. The molecule has 0 unspecified atom stereocenters. The van der Waals surface area contributed by atoms with Crippen molar-refractivity contribution in [3.8, 4) is 5.69 Å². The van der Waals surface area contributed by atoms with Gasteiger partial charge in [0, 0.05) is 13.8 Å². The summed E-state index contributed by atoms with van der Waals surface area (Å²) >= 11 is 0. The highest BCUT2D eigenvalue weighted by molar-refractivity contribution is 5.51. The van der Waals surface area contributed by atoms with E-state index in [1.165, 1.54) is 39.3 Å². The Kier molecular flexibility index (Phi) is 6.79. The first-order valence-corrected chi connectivity index (χ1v) is 8.84. The van der Waals surface area contributed by atoms with Crippen molar-refractivity contribution in [1.29, 1.82) is 0 Å². The third kappa shape index (κ3) is 4.08. The van der Waals surface area contributed by atoms with Crippen molar-refractivity contribution >= 4 is 0 Å². The third-order valence-electron chi connectivity index (χ3n) is 4.95. The second-order valence-corrected chi connectivity index (χ2v) is 6.81. The minimum atomic E-state index is 0. The van der Waals surface area contributed by atoms with Crippen molar-refractivity contribution in [2.45, 2.75) is 40.7 Å². The Labute approximate surface area is 166 Å². The largest absolute Gasteiger partial charge is 1.00 e. The van der Waals surface area contributed by atoms with E-state index in [0.29, 0.717) is 6.54 Å². The van der Waals surface area contributed by atoms with E-state index in [4.69, 9.17) is 0 Å². The summed E-state index contributed by atoms with van der Waals surface area (Å²) in [5.74, 6) is 0. The van der Waals surface area contributed by atoms with Crippen LogP contribution >= 0.6 is 0 Å². The molecule has 0 aliphatic carbocycles. The Morgan fingerprint density at radius 3 is 2.12 bits per heavy atom. The first kappa shape index (κ1) is 20.4. The van der Waals surface area contributed by atoms with Gasteiger partial charge in [0.15, 0.2) is 0 Å². The Morgan fingerprint density at radius 1 is 0.923 bits per heavy atom. The molecule has 0 bridgehead atoms. The minimum absolute atomic E-state index is 0. The average molecular weight is 415 g/mol. The number of halogens is 1. The summed E-state index contributed by atoms with van der Waals surface area (Å²) in [7, 11) is 0. The van der Waals surface area contributed by atoms with Gasteiger partial charge in [-0.05, 0) is 42.5 Å². The van der Waals surface area contributed by atoms with Gasteiger partial charge in [-0.3, -0.25) is 0 Å². The van der Waals surface area contributed by atoms with E-state index >= 15 is 0 Å². The summed E-state index contributed by atoms with van der Waals surface area (Å²) in [6.45, 7) is 9.40. The molecule has 3 rings (SSSR count). The fraction of sp³-hybridized carbons (Fsp3) is 0.318. The second-order valence-electron chi connectivity index (χ2n) is 6.81. The maximum absolute atomic E-state index is 9.27. The van der Waals surface area contributed by atoms with E-state index in [1.807, 2.05) is 0 Å². The van der Waals surface area contributed by atoms with Crippen molar-refractivity contribution in [3.63, 3.8) is 0 Å². The zero-order valence-corrected chi connectivity index (χ0v) is 17.5. The van der Waals surface area contributed by atoms with Gasteiger partial charge < -0.3 is 22.1 Å². The fourth-order valence-corrected chi connectivity index (χ4v) is 3.61. The van der Waals surface area contributed by atoms with Crippen molar-refractivity contribution in [2.75, 3.05) is 6.61 Å². The van der Waals surface area contributed by atoms with E-state index < -0.39 is 0 Å². The van der Waals surface area contributed by atoms with Crippen LogP contribution in [0.4, 0.5) is 0 Å². The smallest absolute Gasteiger partial charge is 0.249 e. The molecule has 0 saturated heterocycles. The molecule has 3 nitrogen and oxygen atoms in total. The van der Waals surface area contributed by atoms with E-state index in [1.54, 1.807) is 0 Å². The number of aryl methyl sites for hydroxylation is 2. The molecule has 0 saturated carbocycles. The van der Waals surface area contributed by atoms with Crippen LogP contribution in [0.3, 0.4) is 0 Å². The summed E-state index contributed by atoms with van der Waals surface area (Å²) in [4.78, 5) is 0. The standard InChI is InChI=1S/C22H27N2O.BrH/c1-16-12-21(14-20-8-6-5-7-9-20)13-17(2)22(16)24-15-23(10-11-25)18(3)19(24)4;/h5-9,12-13,15,25H,10-11,14H2,1-4H3;1H/q+1;/p-1. The van der Waals surface area contributed by atoms with Crippen LogP contribution in [0.15, 0.2) is 48.8 Å². The predicted octanol–water partition coefficient (Wildman–Crippen LogP) is 0.586. The first-order chi connectivity index (χ1) is 12.0. The van der Waals surface area contributed by atoms with E-state index in [0.717, 1.165) is 6.42 Å². The Balaban J connectivity index is 0.00000243. The molecule has 0 aliphatic heterocycles. The molecule has 26 heavy (non-hydrogen) atoms. The number of aliphatic hydroxyl groups excluding tert-OH is 1. The van der Waals surface area contributed by atoms with Crippen LogP contribution in [0.1, 0.15) is 33.6 Å². The average Bonchev–Trinajstić information content (AvgIpc) is 2.84. The number of hydrogen-bond donors (Lipinski definition) is 1. The molecule has 1 aromatic heterocycles. The lowest BCUT2D eigenvalue weighted by Crippen LogP contribution is -3.00. The number of nitrogens with zero attached hydrogens (tertiary/aromatic N) is 2. The highest BCUT2D eigenvalue weighted by Crippen LogP contribution is 2.24. The van der Waals surface area contributed by atoms with Gasteiger partial charge in [0.05, 0.1) is 6.61 Å². The molecule has 0 radical (unpaired) electrons. The quantitative estimate of drug-likeness (QED) is 0.608. The van der Waals surface area contributed by atoms with Crippen LogP contribution in [-0.4, -0.2) is 16.3 Å². The predicted molar refractivity (Wildman–Crippen MR) is 101 cm³/mol. The monoisotopic (exact) mass is 414 g/mol. The Bertz CT molecular complexity index is 862. The van der Waals surface area contributed by atoms with Crippen molar-refractivity contribution in [1.82, 2.24) is 4.57 Å². The van der Waals surface area contributed by atoms with E-state index in [9.17, 15) is 5.11 Å². The van der Waals surface area contributed by atoms with Crippen molar-refractivity contribution in [3.05, 3.63) is 82.4 Å². The van der Waals surface area contributed by atoms with Crippen LogP contribution in [0.5, 0.6) is 0 Å². The number of imidazole rings is 1. The van der Waals surface area contributed by atoms with Crippen LogP contribution < -0.4 is 21.5 Å². The van der Waals surface area contributed by atoms with Gasteiger partial charge >= 0.3 is 0 Å². The molecule has 1 N–H and O–H groups in total. The van der Waals surface area contributed by atoms with Crippen molar-refractivity contribution in [2.24, 2.45) is 0 Å². The summed E-state index contributed by atoms with van der Waals surface area (Å²) in [5.41, 5.74) is 8.89. The van der Waals surface area contributed by atoms with Gasteiger partial charge in [0.25, 0.3) is 0 Å². The van der Waals surface area contributed by atoms with Gasteiger partial charge in [-0.15, -0.1) is 0 Å². The highest BCUT2D eigenvalue weighted by atomic mass is 79.9. The molecule has 0 fully saturated rings. The van der Waals surface area contributed by atoms with E-state index in [-0.39, 0.29) is 23.6 Å². The van der Waals surface area contributed by atoms with Crippen molar-refractivity contribution < 1.29 is 26.7 Å². The van der Waals surface area contributed by atoms with Crippen LogP contribution in [0.2, 0.25) is 0 Å². The Morgan fingerprint density at radius 2 is 1.54 bits per heavy atom. The number of aromatic nitrogens is 2. The molecule has 0 amide bonds. The second kappa shape index (κ2) is 8.65. The topological polar surface area (TPSA) is 29.0 Å². The molecular weight excluding hydrogens is 388 g/mol. The van der Waals surface area contributed by atoms with Gasteiger partial charge in [0.1, 0.15) is 23.6 Å². The van der Waals surface area contributed by atoms with E-state index in [2.05, 4.69) is 85.6 Å². The first-order valence-electron chi connectivity index (χ1n) is 8.84. The van der Waals surface area contributed by atoms with Gasteiger partial charge in [-0.25, -0.2) is 4.57 Å². The number of rotatable bonds is 5. The zero-order valence-electron chi connectivity index (χ0n) is 16.0. The summed E-state index contributed by atoms with van der Waals surface area (Å²) < 4.78 is 4.37. The number of aliphatic hydroxyl groups is 1. The summed E-state index contributed by atoms with van der Waals surface area (Å²) in [5, 5.41) is 9.27. The summed E-state index contributed by atoms with van der Waals surface area (Å²) in [6, 6.07) is 15.2. The van der Waals surface area contributed by atoms with Crippen LogP contribution in [0.25, 0.3) is 5.69 Å². The normalized spacial score (nSPS) is 10.7. The molecule has 0 spiro atoms.